The summed E-state index contributed by atoms with van der Waals surface area (Å²) in [5.74, 6) is 2.64. The Morgan fingerprint density at radius 3 is 2.09 bits per heavy atom. The van der Waals surface area contributed by atoms with Crippen LogP contribution in [0.5, 0.6) is 0 Å². The van der Waals surface area contributed by atoms with Crippen LogP contribution in [-0.4, -0.2) is 0 Å². The van der Waals surface area contributed by atoms with Crippen LogP contribution in [0.1, 0.15) is 48.6 Å². The van der Waals surface area contributed by atoms with Crippen LogP contribution < -0.4 is 5.73 Å². The summed E-state index contributed by atoms with van der Waals surface area (Å²) in [7, 11) is 0. The van der Waals surface area contributed by atoms with Crippen molar-refractivity contribution < 1.29 is 0 Å². The molecule has 170 valence electrons. The second-order valence-corrected chi connectivity index (χ2v) is 8.10. The maximum absolute atomic E-state index is 6.29. The number of benzene rings is 3. The summed E-state index contributed by atoms with van der Waals surface area (Å²) in [6, 6.07) is 38.6. The zero-order valence-electron chi connectivity index (χ0n) is 20.5. The Labute approximate surface area is 209 Å². The Morgan fingerprint density at radius 1 is 0.886 bits per heavy atom. The molecule has 4 aromatic carbocycles. The Morgan fingerprint density at radius 2 is 1.51 bits per heavy atom. The molecule has 0 fully saturated rings. The predicted molar refractivity (Wildman–Crippen MR) is 148 cm³/mol. The van der Waals surface area contributed by atoms with Gasteiger partial charge in [-0.3, -0.25) is 0 Å². The molecule has 1 aliphatic carbocycles. The highest BCUT2D eigenvalue weighted by molar-refractivity contribution is 5.89. The van der Waals surface area contributed by atoms with Crippen molar-refractivity contribution in [2.45, 2.75) is 26.2 Å². The van der Waals surface area contributed by atoms with Gasteiger partial charge in [-0.25, -0.2) is 0 Å². The number of hydrogen-bond donors (Lipinski definition) is 1. The van der Waals surface area contributed by atoms with E-state index in [4.69, 9.17) is 12.2 Å². The molecule has 35 heavy (non-hydrogen) atoms. The molecule has 0 saturated heterocycles. The van der Waals surface area contributed by atoms with E-state index in [9.17, 15) is 0 Å². The summed E-state index contributed by atoms with van der Waals surface area (Å²) in [6.07, 6.45) is 9.23. The minimum absolute atomic E-state index is 0.445. The Kier molecular flexibility index (Phi) is 6.91. The molecule has 0 atom stereocenters. The van der Waals surface area contributed by atoms with Gasteiger partial charge in [-0.1, -0.05) is 111 Å². The second-order valence-electron chi connectivity index (χ2n) is 8.10. The van der Waals surface area contributed by atoms with Crippen LogP contribution in [0.3, 0.4) is 0 Å². The first-order valence-electron chi connectivity index (χ1n) is 12.0. The molecule has 0 heterocycles. The van der Waals surface area contributed by atoms with Crippen LogP contribution in [0.25, 0.3) is 16.7 Å². The fraction of sp³-hybridized carbons (Fsp3) is 0.118. The van der Waals surface area contributed by atoms with Crippen molar-refractivity contribution >= 4 is 5.57 Å². The molecule has 0 aromatic heterocycles. The van der Waals surface area contributed by atoms with Gasteiger partial charge in [0.05, 0.1) is 5.41 Å². The van der Waals surface area contributed by atoms with Crippen molar-refractivity contribution in [2.75, 3.05) is 0 Å². The standard InChI is InChI=1S/C32H23N.C2H6/c1-3-13-26(31(33)4-2)23-20-21-30-28(22-23)27-18-11-12-19-29(27)32(30,24-14-7-5-8-15-24)25-16-9-6-10-17-25;1-2/h1,4-10,12-17,19-22H,33H2,2H3;1-2H3/b26-13-,31-4+;. The van der Waals surface area contributed by atoms with E-state index in [1.807, 2.05) is 32.9 Å². The number of hydrogen-bond acceptors (Lipinski definition) is 1. The van der Waals surface area contributed by atoms with Gasteiger partial charge in [0, 0.05) is 16.8 Å². The smallest absolute Gasteiger partial charge is 0.0720 e. The highest BCUT2D eigenvalue weighted by Crippen LogP contribution is 2.55. The van der Waals surface area contributed by atoms with Crippen LogP contribution in [0.4, 0.5) is 0 Å². The molecule has 1 heteroatoms. The van der Waals surface area contributed by atoms with E-state index in [1.54, 1.807) is 6.08 Å². The highest BCUT2D eigenvalue weighted by Gasteiger charge is 2.46. The number of allylic oxidation sites excluding steroid dienone is 3. The van der Waals surface area contributed by atoms with E-state index >= 15 is 0 Å². The topological polar surface area (TPSA) is 26.0 Å². The lowest BCUT2D eigenvalue weighted by molar-refractivity contribution is 0.768. The molecule has 0 radical (unpaired) electrons. The van der Waals surface area contributed by atoms with Gasteiger partial charge in [0.2, 0.25) is 0 Å². The third-order valence-electron chi connectivity index (χ3n) is 6.47. The van der Waals surface area contributed by atoms with Crippen LogP contribution in [0, 0.1) is 24.5 Å². The minimum atomic E-state index is -0.445. The molecular weight excluding hydrogens is 422 g/mol. The van der Waals surface area contributed by atoms with Gasteiger partial charge in [-0.15, -0.1) is 6.42 Å². The highest BCUT2D eigenvalue weighted by atomic mass is 14.6. The van der Waals surface area contributed by atoms with Gasteiger partial charge in [0.15, 0.2) is 0 Å². The average Bonchev–Trinajstić information content (AvgIpc) is 3.24. The molecule has 0 aliphatic heterocycles. The molecule has 0 saturated carbocycles. The lowest BCUT2D eigenvalue weighted by atomic mass is 9.68. The fourth-order valence-corrected chi connectivity index (χ4v) is 5.04. The summed E-state index contributed by atoms with van der Waals surface area (Å²) in [6.45, 7) is 5.92. The van der Waals surface area contributed by atoms with Crippen molar-refractivity contribution in [3.8, 4) is 23.5 Å². The first-order valence-corrected chi connectivity index (χ1v) is 12.0. The van der Waals surface area contributed by atoms with E-state index in [0.717, 1.165) is 22.3 Å². The molecule has 4 aromatic rings. The lowest BCUT2D eigenvalue weighted by Gasteiger charge is -2.33. The first kappa shape index (κ1) is 23.7. The fourth-order valence-electron chi connectivity index (χ4n) is 5.04. The zero-order chi connectivity index (χ0) is 24.8. The van der Waals surface area contributed by atoms with Crippen LogP contribution in [0.15, 0.2) is 109 Å². The van der Waals surface area contributed by atoms with E-state index < -0.39 is 5.41 Å². The van der Waals surface area contributed by atoms with Gasteiger partial charge in [-0.05, 0) is 64.6 Å². The minimum Gasteiger partial charge on any atom is -0.398 e. The average molecular weight is 452 g/mol. The van der Waals surface area contributed by atoms with Gasteiger partial charge in [0.25, 0.3) is 0 Å². The Bertz CT molecular complexity index is 1380. The van der Waals surface area contributed by atoms with Crippen molar-refractivity contribution in [1.82, 2.24) is 0 Å². The lowest BCUT2D eigenvalue weighted by Crippen LogP contribution is -2.28. The third kappa shape index (κ3) is 3.82. The number of nitrogens with two attached hydrogens (primary N) is 1. The quantitative estimate of drug-likeness (QED) is 0.221. The number of rotatable bonds is 4. The monoisotopic (exact) mass is 451 g/mol. The van der Waals surface area contributed by atoms with Crippen molar-refractivity contribution in [3.05, 3.63) is 149 Å². The van der Waals surface area contributed by atoms with Crippen LogP contribution in [0.2, 0.25) is 0 Å². The SMILES string of the molecule is C#C/C=C(\C(N)=C/C)c1ccc2c(c1)-c1c#cccc1C2(c1ccccc1)c1ccccc1.CC. The molecule has 2 N–H and O–H groups in total. The first-order chi connectivity index (χ1) is 17.2. The largest absolute Gasteiger partial charge is 0.398 e. The van der Waals surface area contributed by atoms with Crippen molar-refractivity contribution in [2.24, 2.45) is 5.73 Å². The maximum atomic E-state index is 6.29. The Balaban J connectivity index is 0.00000141. The van der Waals surface area contributed by atoms with Crippen molar-refractivity contribution in [3.63, 3.8) is 0 Å². The maximum Gasteiger partial charge on any atom is 0.0720 e. The van der Waals surface area contributed by atoms with E-state index in [2.05, 4.69) is 103 Å². The third-order valence-corrected chi connectivity index (χ3v) is 6.47. The normalized spacial score (nSPS) is 13.4. The Hall–Kier alpha value is -4.46. The molecule has 0 unspecified atom stereocenters. The van der Waals surface area contributed by atoms with E-state index in [-0.39, 0.29) is 0 Å². The number of fused-ring (bicyclic) bond motifs is 3. The summed E-state index contributed by atoms with van der Waals surface area (Å²) in [4.78, 5) is 0. The predicted octanol–water partition coefficient (Wildman–Crippen LogP) is 7.56. The van der Waals surface area contributed by atoms with E-state index in [0.29, 0.717) is 5.70 Å². The number of terminal acetylenes is 1. The van der Waals surface area contributed by atoms with Gasteiger partial charge in [0.1, 0.15) is 0 Å². The molecule has 1 nitrogen and oxygen atoms in total. The van der Waals surface area contributed by atoms with Gasteiger partial charge >= 0.3 is 0 Å². The molecular formula is C34H29N. The molecule has 0 spiro atoms. The molecule has 5 rings (SSSR count). The zero-order valence-corrected chi connectivity index (χ0v) is 20.5. The summed E-state index contributed by atoms with van der Waals surface area (Å²) >= 11 is 0. The summed E-state index contributed by atoms with van der Waals surface area (Å²) in [5.41, 5.74) is 15.4. The van der Waals surface area contributed by atoms with E-state index in [1.165, 1.54) is 22.3 Å². The summed E-state index contributed by atoms with van der Waals surface area (Å²) < 4.78 is 0. The molecule has 0 bridgehead atoms. The van der Waals surface area contributed by atoms with Crippen LogP contribution >= 0.6 is 0 Å². The van der Waals surface area contributed by atoms with Gasteiger partial charge < -0.3 is 5.73 Å². The molecule has 0 amide bonds. The van der Waals surface area contributed by atoms with Gasteiger partial charge in [-0.2, -0.15) is 0 Å². The van der Waals surface area contributed by atoms with Crippen LogP contribution in [-0.2, 0) is 5.41 Å². The molecule has 1 aliphatic rings. The second kappa shape index (κ2) is 10.2. The summed E-state index contributed by atoms with van der Waals surface area (Å²) in [5, 5.41) is 0. The van der Waals surface area contributed by atoms with Crippen molar-refractivity contribution in [1.29, 1.82) is 0 Å².